The lowest BCUT2D eigenvalue weighted by atomic mass is 9.83. The zero-order valence-corrected chi connectivity index (χ0v) is 14.0. The molecular formula is C15H23N5OS. The average molecular weight is 321 g/mol. The van der Waals surface area contributed by atoms with E-state index in [4.69, 9.17) is 0 Å². The first-order valence-electron chi connectivity index (χ1n) is 7.90. The lowest BCUT2D eigenvalue weighted by Crippen LogP contribution is -2.50. The average Bonchev–Trinajstić information content (AvgIpc) is 2.95. The monoisotopic (exact) mass is 321 g/mol. The summed E-state index contributed by atoms with van der Waals surface area (Å²) in [6, 6.07) is 2.31. The van der Waals surface area contributed by atoms with Gasteiger partial charge in [0.2, 0.25) is 11.1 Å². The molecule has 22 heavy (non-hydrogen) atoms. The molecule has 0 radical (unpaired) electrons. The number of aromatic nitrogens is 3. The fourth-order valence-electron chi connectivity index (χ4n) is 2.65. The van der Waals surface area contributed by atoms with Crippen molar-refractivity contribution in [3.05, 3.63) is 5.82 Å². The molecule has 1 saturated carbocycles. The Kier molecular flexibility index (Phi) is 5.83. The van der Waals surface area contributed by atoms with Crippen LogP contribution >= 0.6 is 11.8 Å². The van der Waals surface area contributed by atoms with Crippen molar-refractivity contribution in [3.8, 4) is 6.07 Å². The van der Waals surface area contributed by atoms with Gasteiger partial charge in [-0.15, -0.1) is 5.10 Å². The molecule has 1 aromatic rings. The predicted molar refractivity (Wildman–Crippen MR) is 85.3 cm³/mol. The van der Waals surface area contributed by atoms with Gasteiger partial charge >= 0.3 is 0 Å². The summed E-state index contributed by atoms with van der Waals surface area (Å²) in [7, 11) is 0. The minimum atomic E-state index is -0.684. The normalized spacial score (nSPS) is 18.4. The molecule has 2 N–H and O–H groups in total. The lowest BCUT2D eigenvalue weighted by molar-refractivity contribution is -0.121. The Morgan fingerprint density at radius 2 is 2.23 bits per heavy atom. The molecule has 1 fully saturated rings. The van der Waals surface area contributed by atoms with Crippen LogP contribution < -0.4 is 5.32 Å². The molecule has 1 amide bonds. The van der Waals surface area contributed by atoms with Crippen LogP contribution in [0.15, 0.2) is 5.16 Å². The van der Waals surface area contributed by atoms with Crippen LogP contribution in [0.2, 0.25) is 0 Å². The summed E-state index contributed by atoms with van der Waals surface area (Å²) in [6.07, 6.45) is 6.47. The SMILES string of the molecule is CCCc1nc(S[C@H](C)C(=O)NC2(C#N)CCCCC2)n[nH]1. The fraction of sp³-hybridized carbons (Fsp3) is 0.733. The predicted octanol–water partition coefficient (Wildman–Crippen LogP) is 2.58. The number of thioether (sulfide) groups is 1. The summed E-state index contributed by atoms with van der Waals surface area (Å²) in [5.74, 6) is 0.730. The second kappa shape index (κ2) is 7.63. The number of amides is 1. The van der Waals surface area contributed by atoms with Crippen LogP contribution in [0.25, 0.3) is 0 Å². The largest absolute Gasteiger partial charge is 0.337 e. The number of hydrogen-bond acceptors (Lipinski definition) is 5. The Bertz CT molecular complexity index is 544. The fourth-order valence-corrected chi connectivity index (χ4v) is 3.39. The molecule has 0 bridgehead atoms. The lowest BCUT2D eigenvalue weighted by Gasteiger charge is -2.32. The number of carbonyl (C=O) groups excluding carboxylic acids is 1. The summed E-state index contributed by atoms with van der Waals surface area (Å²) < 4.78 is 0. The number of hydrogen-bond donors (Lipinski definition) is 2. The van der Waals surface area contributed by atoms with Gasteiger partial charge in [-0.25, -0.2) is 4.98 Å². The van der Waals surface area contributed by atoms with Crippen molar-refractivity contribution in [2.24, 2.45) is 0 Å². The zero-order chi connectivity index (χ0) is 16.0. The van der Waals surface area contributed by atoms with Crippen LogP contribution in [0.4, 0.5) is 0 Å². The molecule has 0 spiro atoms. The number of aryl methyl sites for hydroxylation is 1. The van der Waals surface area contributed by atoms with Gasteiger partial charge in [0.1, 0.15) is 11.4 Å². The number of rotatable bonds is 6. The van der Waals surface area contributed by atoms with Crippen molar-refractivity contribution < 1.29 is 4.79 Å². The van der Waals surface area contributed by atoms with E-state index >= 15 is 0 Å². The Morgan fingerprint density at radius 1 is 1.50 bits per heavy atom. The van der Waals surface area contributed by atoms with E-state index < -0.39 is 5.54 Å². The molecule has 0 unspecified atom stereocenters. The van der Waals surface area contributed by atoms with Crippen LogP contribution in [-0.4, -0.2) is 31.9 Å². The molecule has 7 heteroatoms. The van der Waals surface area contributed by atoms with Crippen molar-refractivity contribution in [2.75, 3.05) is 0 Å². The Balaban J connectivity index is 1.92. The van der Waals surface area contributed by atoms with E-state index in [-0.39, 0.29) is 11.2 Å². The summed E-state index contributed by atoms with van der Waals surface area (Å²) >= 11 is 1.32. The minimum absolute atomic E-state index is 0.115. The number of nitriles is 1. The van der Waals surface area contributed by atoms with Gasteiger partial charge < -0.3 is 5.32 Å². The van der Waals surface area contributed by atoms with Crippen molar-refractivity contribution in [2.45, 2.75) is 74.7 Å². The van der Waals surface area contributed by atoms with Gasteiger partial charge in [-0.1, -0.05) is 37.9 Å². The molecule has 1 aromatic heterocycles. The third-order valence-corrected chi connectivity index (χ3v) is 4.89. The number of carbonyl (C=O) groups is 1. The van der Waals surface area contributed by atoms with Gasteiger partial charge in [0.05, 0.1) is 11.3 Å². The van der Waals surface area contributed by atoms with Gasteiger partial charge in [-0.3, -0.25) is 9.89 Å². The van der Waals surface area contributed by atoms with Crippen LogP contribution in [0.3, 0.4) is 0 Å². The number of nitrogens with zero attached hydrogens (tertiary/aromatic N) is 3. The third kappa shape index (κ3) is 4.23. The summed E-state index contributed by atoms with van der Waals surface area (Å²) in [4.78, 5) is 16.7. The molecule has 1 heterocycles. The van der Waals surface area contributed by atoms with Gasteiger partial charge in [-0.05, 0) is 26.2 Å². The zero-order valence-electron chi connectivity index (χ0n) is 13.2. The van der Waals surface area contributed by atoms with Crippen LogP contribution in [-0.2, 0) is 11.2 Å². The minimum Gasteiger partial charge on any atom is -0.337 e. The van der Waals surface area contributed by atoms with Crippen molar-refractivity contribution in [3.63, 3.8) is 0 Å². The van der Waals surface area contributed by atoms with Gasteiger partial charge in [-0.2, -0.15) is 5.26 Å². The van der Waals surface area contributed by atoms with Crippen LogP contribution in [0, 0.1) is 11.3 Å². The Hall–Kier alpha value is -1.55. The first-order valence-corrected chi connectivity index (χ1v) is 8.78. The third-order valence-electron chi connectivity index (χ3n) is 3.93. The molecule has 1 aliphatic rings. The first kappa shape index (κ1) is 16.8. The van der Waals surface area contributed by atoms with Gasteiger partial charge in [0.25, 0.3) is 0 Å². The van der Waals surface area contributed by atoms with Crippen molar-refractivity contribution in [1.29, 1.82) is 5.26 Å². The highest BCUT2D eigenvalue weighted by Crippen LogP contribution is 2.28. The quantitative estimate of drug-likeness (QED) is 0.785. The summed E-state index contributed by atoms with van der Waals surface area (Å²) in [6.45, 7) is 3.90. The van der Waals surface area contributed by atoms with Crippen LogP contribution in [0.5, 0.6) is 0 Å². The molecule has 1 aliphatic carbocycles. The van der Waals surface area contributed by atoms with E-state index in [0.717, 1.165) is 50.8 Å². The van der Waals surface area contributed by atoms with Gasteiger partial charge in [0, 0.05) is 6.42 Å². The smallest absolute Gasteiger partial charge is 0.234 e. The molecule has 1 atom stereocenters. The second-order valence-electron chi connectivity index (χ2n) is 5.82. The van der Waals surface area contributed by atoms with E-state index in [1.54, 1.807) is 0 Å². The van der Waals surface area contributed by atoms with E-state index in [2.05, 4.69) is 33.5 Å². The van der Waals surface area contributed by atoms with E-state index in [1.807, 2.05) is 6.92 Å². The standard InChI is InChI=1S/C15H23N5OS/c1-3-7-12-17-14(20-19-12)22-11(2)13(21)18-15(10-16)8-5-4-6-9-15/h11H,3-9H2,1-2H3,(H,18,21)(H,17,19,20)/t11-/m1/s1. The highest BCUT2D eigenvalue weighted by molar-refractivity contribution is 8.00. The molecule has 120 valence electrons. The topological polar surface area (TPSA) is 94.5 Å². The number of aromatic amines is 1. The van der Waals surface area contributed by atoms with E-state index in [0.29, 0.717) is 5.16 Å². The molecule has 0 aromatic carbocycles. The van der Waals surface area contributed by atoms with Crippen molar-refractivity contribution >= 4 is 17.7 Å². The number of H-pyrrole nitrogens is 1. The van der Waals surface area contributed by atoms with Crippen LogP contribution in [0.1, 0.15) is 58.2 Å². The molecule has 6 nitrogen and oxygen atoms in total. The maximum Gasteiger partial charge on any atom is 0.234 e. The maximum absolute atomic E-state index is 12.4. The Labute approximate surface area is 135 Å². The maximum atomic E-state index is 12.4. The highest BCUT2D eigenvalue weighted by atomic mass is 32.2. The first-order chi connectivity index (χ1) is 10.6. The van der Waals surface area contributed by atoms with E-state index in [1.165, 1.54) is 11.8 Å². The Morgan fingerprint density at radius 3 is 2.86 bits per heavy atom. The van der Waals surface area contributed by atoms with E-state index in [9.17, 15) is 10.1 Å². The van der Waals surface area contributed by atoms with Crippen molar-refractivity contribution in [1.82, 2.24) is 20.5 Å². The molecule has 0 saturated heterocycles. The second-order valence-corrected chi connectivity index (χ2v) is 7.13. The molecular weight excluding hydrogens is 298 g/mol. The summed E-state index contributed by atoms with van der Waals surface area (Å²) in [5, 5.41) is 19.6. The molecule has 0 aliphatic heterocycles. The number of nitrogens with one attached hydrogen (secondary N) is 2. The molecule has 2 rings (SSSR count). The summed E-state index contributed by atoms with van der Waals surface area (Å²) in [5.41, 5.74) is -0.684. The van der Waals surface area contributed by atoms with Gasteiger partial charge in [0.15, 0.2) is 0 Å². The highest BCUT2D eigenvalue weighted by Gasteiger charge is 2.35.